The van der Waals surface area contributed by atoms with Crippen LogP contribution < -0.4 is 5.32 Å². The predicted octanol–water partition coefficient (Wildman–Crippen LogP) is 4.76. The number of hydrogen-bond donors (Lipinski definition) is 1. The number of anilines is 1. The first-order valence-corrected chi connectivity index (χ1v) is 8.91. The van der Waals surface area contributed by atoms with E-state index in [4.69, 9.17) is 21.1 Å². The molecule has 0 saturated carbocycles. The summed E-state index contributed by atoms with van der Waals surface area (Å²) >= 11 is 6.19. The highest BCUT2D eigenvalue weighted by Crippen LogP contribution is 2.49. The summed E-state index contributed by atoms with van der Waals surface area (Å²) in [7, 11) is 1.39. The van der Waals surface area contributed by atoms with Crippen LogP contribution >= 0.6 is 11.6 Å². The number of fused-ring (bicyclic) bond motifs is 3. The van der Waals surface area contributed by atoms with Gasteiger partial charge in [0.1, 0.15) is 0 Å². The number of rotatable bonds is 2. The molecule has 0 aromatic heterocycles. The highest BCUT2D eigenvalue weighted by atomic mass is 35.5. The Balaban J connectivity index is 1.69. The zero-order valence-corrected chi connectivity index (χ0v) is 14.8. The molecule has 4 nitrogen and oxygen atoms in total. The smallest absolute Gasteiger partial charge is 0.337 e. The molecule has 130 valence electrons. The Morgan fingerprint density at radius 2 is 2.04 bits per heavy atom. The molecule has 3 atom stereocenters. The normalized spacial score (nSPS) is 24.6. The minimum atomic E-state index is -0.318. The summed E-state index contributed by atoms with van der Waals surface area (Å²) in [5, 5.41) is 4.38. The van der Waals surface area contributed by atoms with E-state index in [-0.39, 0.29) is 18.1 Å². The molecule has 2 aliphatic rings. The molecule has 1 fully saturated rings. The van der Waals surface area contributed by atoms with E-state index in [2.05, 4.69) is 5.32 Å². The van der Waals surface area contributed by atoms with Crippen LogP contribution in [0.25, 0.3) is 0 Å². The molecule has 0 aliphatic carbocycles. The molecule has 2 heterocycles. The number of carbonyl (C=O) groups excluding carboxylic acids is 1. The van der Waals surface area contributed by atoms with Crippen molar-refractivity contribution in [1.82, 2.24) is 0 Å². The first kappa shape index (κ1) is 16.4. The summed E-state index contributed by atoms with van der Waals surface area (Å²) in [6, 6.07) is 13.7. The Morgan fingerprint density at radius 1 is 1.24 bits per heavy atom. The van der Waals surface area contributed by atoms with Gasteiger partial charge in [0, 0.05) is 28.8 Å². The SMILES string of the molecule is COC(=O)c1ccc([C@@H]2Nc3ccc(Cl)cc3[C@H]3OCCC[C@H]32)cc1. The van der Waals surface area contributed by atoms with Crippen LogP contribution in [0.4, 0.5) is 5.69 Å². The van der Waals surface area contributed by atoms with Gasteiger partial charge in [-0.05, 0) is 48.7 Å². The van der Waals surface area contributed by atoms with Crippen molar-refractivity contribution in [3.05, 3.63) is 64.2 Å². The van der Waals surface area contributed by atoms with E-state index in [1.165, 1.54) is 7.11 Å². The van der Waals surface area contributed by atoms with Gasteiger partial charge in [0.25, 0.3) is 0 Å². The molecular formula is C20H20ClNO3. The van der Waals surface area contributed by atoms with E-state index in [9.17, 15) is 4.79 Å². The van der Waals surface area contributed by atoms with E-state index in [1.807, 2.05) is 42.5 Å². The number of benzene rings is 2. The highest BCUT2D eigenvalue weighted by molar-refractivity contribution is 6.30. The molecule has 0 radical (unpaired) electrons. The summed E-state index contributed by atoms with van der Waals surface area (Å²) in [6.45, 7) is 0.779. The molecule has 4 rings (SSSR count). The van der Waals surface area contributed by atoms with Crippen LogP contribution in [0.1, 0.15) is 46.5 Å². The zero-order valence-electron chi connectivity index (χ0n) is 14.0. The first-order chi connectivity index (χ1) is 12.2. The van der Waals surface area contributed by atoms with E-state index < -0.39 is 0 Å². The second kappa shape index (κ2) is 6.70. The molecule has 2 aromatic rings. The number of carbonyl (C=O) groups is 1. The third-order valence-corrected chi connectivity index (χ3v) is 5.35. The molecule has 2 aliphatic heterocycles. The fourth-order valence-corrected chi connectivity index (χ4v) is 4.10. The molecule has 0 spiro atoms. The molecule has 1 N–H and O–H groups in total. The summed E-state index contributed by atoms with van der Waals surface area (Å²) in [6.07, 6.45) is 2.19. The average Bonchev–Trinajstić information content (AvgIpc) is 2.67. The fraction of sp³-hybridized carbons (Fsp3) is 0.350. The number of esters is 1. The minimum absolute atomic E-state index is 0.0500. The lowest BCUT2D eigenvalue weighted by atomic mass is 9.77. The molecular weight excluding hydrogens is 338 g/mol. The van der Waals surface area contributed by atoms with Gasteiger partial charge < -0.3 is 14.8 Å². The van der Waals surface area contributed by atoms with E-state index in [0.29, 0.717) is 11.5 Å². The van der Waals surface area contributed by atoms with Crippen LogP contribution in [0.15, 0.2) is 42.5 Å². The molecule has 0 amide bonds. The number of ether oxygens (including phenoxy) is 2. The lowest BCUT2D eigenvalue weighted by Crippen LogP contribution is -2.36. The maximum Gasteiger partial charge on any atom is 0.337 e. The van der Waals surface area contributed by atoms with Gasteiger partial charge in [-0.2, -0.15) is 0 Å². The zero-order chi connectivity index (χ0) is 17.4. The number of halogens is 1. The summed E-state index contributed by atoms with van der Waals surface area (Å²) in [5.74, 6) is 0.0192. The lowest BCUT2D eigenvalue weighted by Gasteiger charge is -2.43. The van der Waals surface area contributed by atoms with Crippen LogP contribution in [-0.2, 0) is 9.47 Å². The van der Waals surface area contributed by atoms with Gasteiger partial charge in [-0.3, -0.25) is 0 Å². The standard InChI is InChI=1S/C20H20ClNO3/c1-24-20(23)13-6-4-12(5-7-13)18-15-3-2-10-25-19(15)16-11-14(21)8-9-17(16)22-18/h4-9,11,15,18-19,22H,2-3,10H2,1H3/t15-,18-,19-/m0/s1. The van der Waals surface area contributed by atoms with Crippen molar-refractivity contribution in [3.63, 3.8) is 0 Å². The molecule has 1 saturated heterocycles. The van der Waals surface area contributed by atoms with Gasteiger partial charge in [0.05, 0.1) is 24.8 Å². The van der Waals surface area contributed by atoms with E-state index in [0.717, 1.165) is 41.3 Å². The first-order valence-electron chi connectivity index (χ1n) is 8.53. The summed E-state index contributed by atoms with van der Waals surface area (Å²) in [4.78, 5) is 11.7. The Labute approximate surface area is 152 Å². The molecule has 5 heteroatoms. The van der Waals surface area contributed by atoms with Crippen LogP contribution in [-0.4, -0.2) is 19.7 Å². The van der Waals surface area contributed by atoms with Gasteiger partial charge in [-0.1, -0.05) is 23.7 Å². The van der Waals surface area contributed by atoms with Crippen molar-refractivity contribution in [1.29, 1.82) is 0 Å². The van der Waals surface area contributed by atoms with Crippen LogP contribution in [0, 0.1) is 5.92 Å². The highest BCUT2D eigenvalue weighted by Gasteiger charge is 2.39. The second-order valence-corrected chi connectivity index (χ2v) is 7.00. The topological polar surface area (TPSA) is 47.6 Å². The summed E-state index contributed by atoms with van der Waals surface area (Å²) < 4.78 is 10.9. The van der Waals surface area contributed by atoms with Gasteiger partial charge in [-0.25, -0.2) is 4.79 Å². The van der Waals surface area contributed by atoms with Gasteiger partial charge >= 0.3 is 5.97 Å². The second-order valence-electron chi connectivity index (χ2n) is 6.56. The Kier molecular flexibility index (Phi) is 4.40. The minimum Gasteiger partial charge on any atom is -0.465 e. The molecule has 25 heavy (non-hydrogen) atoms. The Bertz CT molecular complexity index is 790. The van der Waals surface area contributed by atoms with Crippen molar-refractivity contribution in [2.75, 3.05) is 19.0 Å². The number of hydrogen-bond acceptors (Lipinski definition) is 4. The molecule has 0 bridgehead atoms. The van der Waals surface area contributed by atoms with Crippen LogP contribution in [0.5, 0.6) is 0 Å². The summed E-state index contributed by atoms with van der Waals surface area (Å²) in [5.41, 5.74) is 3.91. The van der Waals surface area contributed by atoms with E-state index >= 15 is 0 Å². The van der Waals surface area contributed by atoms with Crippen LogP contribution in [0.2, 0.25) is 5.02 Å². The largest absolute Gasteiger partial charge is 0.465 e. The van der Waals surface area contributed by atoms with Gasteiger partial charge in [0.15, 0.2) is 0 Å². The lowest BCUT2D eigenvalue weighted by molar-refractivity contribution is -0.0381. The maximum atomic E-state index is 11.7. The van der Waals surface area contributed by atoms with Gasteiger partial charge in [-0.15, -0.1) is 0 Å². The van der Waals surface area contributed by atoms with Crippen molar-refractivity contribution in [2.24, 2.45) is 5.92 Å². The van der Waals surface area contributed by atoms with Crippen molar-refractivity contribution >= 4 is 23.3 Å². The third-order valence-electron chi connectivity index (χ3n) is 5.12. The monoisotopic (exact) mass is 357 g/mol. The third kappa shape index (κ3) is 3.00. The van der Waals surface area contributed by atoms with Crippen molar-refractivity contribution < 1.29 is 14.3 Å². The Hall–Kier alpha value is -2.04. The van der Waals surface area contributed by atoms with E-state index in [1.54, 1.807) is 0 Å². The number of nitrogens with one attached hydrogen (secondary N) is 1. The number of methoxy groups -OCH3 is 1. The van der Waals surface area contributed by atoms with Gasteiger partial charge in [0.2, 0.25) is 0 Å². The predicted molar refractivity (Wildman–Crippen MR) is 97.0 cm³/mol. The Morgan fingerprint density at radius 3 is 2.80 bits per heavy atom. The van der Waals surface area contributed by atoms with Crippen molar-refractivity contribution in [2.45, 2.75) is 25.0 Å². The maximum absolute atomic E-state index is 11.7. The fourth-order valence-electron chi connectivity index (χ4n) is 3.92. The molecule has 2 aromatic carbocycles. The van der Waals surface area contributed by atoms with Crippen LogP contribution in [0.3, 0.4) is 0 Å². The van der Waals surface area contributed by atoms with Crippen molar-refractivity contribution in [3.8, 4) is 0 Å². The average molecular weight is 358 g/mol. The molecule has 0 unspecified atom stereocenters. The quantitative estimate of drug-likeness (QED) is 0.787.